The van der Waals surface area contributed by atoms with Crippen molar-refractivity contribution in [2.24, 2.45) is 11.3 Å². The molecule has 2 rings (SSSR count). The van der Waals surface area contributed by atoms with E-state index in [1.165, 1.54) is 38.5 Å². The Labute approximate surface area is 166 Å². The quantitative estimate of drug-likeness (QED) is 0.511. The molecule has 1 fully saturated rings. The van der Waals surface area contributed by atoms with Crippen molar-refractivity contribution in [3.63, 3.8) is 0 Å². The highest BCUT2D eigenvalue weighted by molar-refractivity contribution is 5.94. The summed E-state index contributed by atoms with van der Waals surface area (Å²) in [5.74, 6) is 1.66. The highest BCUT2D eigenvalue weighted by Gasteiger charge is 2.30. The Bertz CT molecular complexity index is 551. The van der Waals surface area contributed by atoms with Gasteiger partial charge >= 0.3 is 0 Å². The van der Waals surface area contributed by atoms with Crippen LogP contribution in [0.5, 0.6) is 5.75 Å². The standard InChI is InChI=1S/C24H39NO2/c1-5-6-7-8-9-18-27-22-16-10-19(11-17-22)23(26)25-21-14-12-20(13-15-21)24(2,3)4/h10-11,16-17,20-21H,5-9,12-15,18H2,1-4H3,(H,25,26). The molecule has 0 radical (unpaired) electrons. The van der Waals surface area contributed by atoms with Gasteiger partial charge in [-0.25, -0.2) is 0 Å². The third-order valence-corrected chi connectivity index (χ3v) is 5.92. The fourth-order valence-corrected chi connectivity index (χ4v) is 3.97. The largest absolute Gasteiger partial charge is 0.494 e. The van der Waals surface area contributed by atoms with Gasteiger partial charge in [0.05, 0.1) is 6.61 Å². The molecule has 0 aromatic heterocycles. The van der Waals surface area contributed by atoms with Crippen LogP contribution in [0.3, 0.4) is 0 Å². The minimum atomic E-state index is 0.0420. The van der Waals surface area contributed by atoms with Gasteiger partial charge in [-0.05, 0) is 67.7 Å². The number of benzene rings is 1. The highest BCUT2D eigenvalue weighted by Crippen LogP contribution is 2.37. The van der Waals surface area contributed by atoms with E-state index in [0.717, 1.165) is 43.1 Å². The van der Waals surface area contributed by atoms with Gasteiger partial charge in [0.1, 0.15) is 5.75 Å². The van der Waals surface area contributed by atoms with Crippen LogP contribution >= 0.6 is 0 Å². The van der Waals surface area contributed by atoms with Crippen LogP contribution in [0.15, 0.2) is 24.3 Å². The van der Waals surface area contributed by atoms with Gasteiger partial charge in [0.15, 0.2) is 0 Å². The number of carbonyl (C=O) groups excluding carboxylic acids is 1. The minimum Gasteiger partial charge on any atom is -0.494 e. The summed E-state index contributed by atoms with van der Waals surface area (Å²) >= 11 is 0. The molecule has 0 saturated heterocycles. The number of amides is 1. The van der Waals surface area contributed by atoms with E-state index in [1.807, 2.05) is 24.3 Å². The van der Waals surface area contributed by atoms with Crippen LogP contribution in [0.2, 0.25) is 0 Å². The smallest absolute Gasteiger partial charge is 0.251 e. The SMILES string of the molecule is CCCCCCCOc1ccc(C(=O)NC2CCC(C(C)(C)C)CC2)cc1. The Morgan fingerprint density at radius 1 is 1.00 bits per heavy atom. The summed E-state index contributed by atoms with van der Waals surface area (Å²) in [6.45, 7) is 9.96. The Balaban J connectivity index is 1.71. The predicted octanol–water partition coefficient (Wildman–Crippen LogP) is 6.37. The van der Waals surface area contributed by atoms with E-state index in [4.69, 9.17) is 4.74 Å². The van der Waals surface area contributed by atoms with Gasteiger partial charge in [-0.2, -0.15) is 0 Å². The van der Waals surface area contributed by atoms with Crippen molar-refractivity contribution in [3.05, 3.63) is 29.8 Å². The van der Waals surface area contributed by atoms with Crippen LogP contribution < -0.4 is 10.1 Å². The van der Waals surface area contributed by atoms with Crippen LogP contribution in [0.25, 0.3) is 0 Å². The van der Waals surface area contributed by atoms with Gasteiger partial charge in [-0.15, -0.1) is 0 Å². The Morgan fingerprint density at radius 2 is 1.63 bits per heavy atom. The molecule has 1 saturated carbocycles. The van der Waals surface area contributed by atoms with Crippen LogP contribution in [0, 0.1) is 11.3 Å². The molecule has 1 aliphatic carbocycles. The number of unbranched alkanes of at least 4 members (excludes halogenated alkanes) is 4. The van der Waals surface area contributed by atoms with Crippen LogP contribution in [0.1, 0.15) is 95.8 Å². The lowest BCUT2D eigenvalue weighted by molar-refractivity contribution is 0.0904. The van der Waals surface area contributed by atoms with E-state index in [0.29, 0.717) is 11.5 Å². The van der Waals surface area contributed by atoms with E-state index >= 15 is 0 Å². The lowest BCUT2D eigenvalue weighted by Crippen LogP contribution is -2.39. The summed E-state index contributed by atoms with van der Waals surface area (Å²) in [5, 5.41) is 3.22. The average Bonchev–Trinajstić information content (AvgIpc) is 2.65. The second-order valence-electron chi connectivity index (χ2n) is 9.18. The normalized spacial score (nSPS) is 20.3. The zero-order valence-corrected chi connectivity index (χ0v) is 17.9. The second kappa shape index (κ2) is 10.7. The molecule has 1 aromatic carbocycles. The summed E-state index contributed by atoms with van der Waals surface area (Å²) in [4.78, 5) is 12.5. The zero-order valence-electron chi connectivity index (χ0n) is 17.9. The summed E-state index contributed by atoms with van der Waals surface area (Å²) in [6.07, 6.45) is 10.8. The van der Waals surface area contributed by atoms with Crippen LogP contribution in [-0.4, -0.2) is 18.6 Å². The lowest BCUT2D eigenvalue weighted by Gasteiger charge is -2.37. The molecule has 3 nitrogen and oxygen atoms in total. The van der Waals surface area contributed by atoms with E-state index in [2.05, 4.69) is 33.0 Å². The summed E-state index contributed by atoms with van der Waals surface area (Å²) in [7, 11) is 0. The van der Waals surface area contributed by atoms with Gasteiger partial charge in [0, 0.05) is 11.6 Å². The molecule has 3 heteroatoms. The number of rotatable bonds is 9. The molecule has 0 aliphatic heterocycles. The van der Waals surface area contributed by atoms with Gasteiger partial charge in [0.2, 0.25) is 0 Å². The molecule has 1 aromatic rings. The van der Waals surface area contributed by atoms with Crippen molar-refractivity contribution >= 4 is 5.91 Å². The van der Waals surface area contributed by atoms with Crippen LogP contribution in [-0.2, 0) is 0 Å². The molecule has 152 valence electrons. The lowest BCUT2D eigenvalue weighted by atomic mass is 9.71. The Hall–Kier alpha value is -1.51. The van der Waals surface area contributed by atoms with Crippen molar-refractivity contribution in [2.45, 2.75) is 91.5 Å². The minimum absolute atomic E-state index is 0.0420. The number of hydrogen-bond donors (Lipinski definition) is 1. The molecular weight excluding hydrogens is 334 g/mol. The Morgan fingerprint density at radius 3 is 2.22 bits per heavy atom. The van der Waals surface area contributed by atoms with E-state index in [9.17, 15) is 4.79 Å². The van der Waals surface area contributed by atoms with E-state index < -0.39 is 0 Å². The third-order valence-electron chi connectivity index (χ3n) is 5.92. The van der Waals surface area contributed by atoms with Gasteiger partial charge in [-0.1, -0.05) is 53.4 Å². The first-order chi connectivity index (χ1) is 12.9. The fraction of sp³-hybridized carbons (Fsp3) is 0.708. The number of hydrogen-bond acceptors (Lipinski definition) is 2. The molecule has 0 unspecified atom stereocenters. The van der Waals surface area contributed by atoms with Crippen LogP contribution in [0.4, 0.5) is 0 Å². The molecule has 0 bridgehead atoms. The first-order valence-corrected chi connectivity index (χ1v) is 10.9. The average molecular weight is 374 g/mol. The van der Waals surface area contributed by atoms with Crippen molar-refractivity contribution in [2.75, 3.05) is 6.61 Å². The second-order valence-corrected chi connectivity index (χ2v) is 9.18. The molecular formula is C24H39NO2. The monoisotopic (exact) mass is 373 g/mol. The zero-order chi connectivity index (χ0) is 19.7. The van der Waals surface area contributed by atoms with Crippen molar-refractivity contribution < 1.29 is 9.53 Å². The van der Waals surface area contributed by atoms with Gasteiger partial charge in [0.25, 0.3) is 5.91 Å². The molecule has 1 N–H and O–H groups in total. The molecule has 1 aliphatic rings. The van der Waals surface area contributed by atoms with Crippen molar-refractivity contribution in [3.8, 4) is 5.75 Å². The topological polar surface area (TPSA) is 38.3 Å². The first-order valence-electron chi connectivity index (χ1n) is 10.9. The van der Waals surface area contributed by atoms with E-state index in [1.54, 1.807) is 0 Å². The number of nitrogens with one attached hydrogen (secondary N) is 1. The maximum Gasteiger partial charge on any atom is 0.251 e. The number of ether oxygens (including phenoxy) is 1. The van der Waals surface area contributed by atoms with Gasteiger partial charge < -0.3 is 10.1 Å². The van der Waals surface area contributed by atoms with Gasteiger partial charge in [-0.3, -0.25) is 4.79 Å². The molecule has 0 spiro atoms. The number of carbonyl (C=O) groups is 1. The maximum absolute atomic E-state index is 12.5. The Kier molecular flexibility index (Phi) is 8.66. The fourth-order valence-electron chi connectivity index (χ4n) is 3.97. The van der Waals surface area contributed by atoms with Crippen molar-refractivity contribution in [1.29, 1.82) is 0 Å². The van der Waals surface area contributed by atoms with E-state index in [-0.39, 0.29) is 5.91 Å². The highest BCUT2D eigenvalue weighted by atomic mass is 16.5. The molecule has 27 heavy (non-hydrogen) atoms. The summed E-state index contributed by atoms with van der Waals surface area (Å²) in [6, 6.07) is 7.90. The maximum atomic E-state index is 12.5. The molecule has 0 heterocycles. The van der Waals surface area contributed by atoms with Crippen molar-refractivity contribution in [1.82, 2.24) is 5.32 Å². The first kappa shape index (κ1) is 21.8. The third kappa shape index (κ3) is 7.56. The predicted molar refractivity (Wildman–Crippen MR) is 113 cm³/mol. The molecule has 1 amide bonds. The summed E-state index contributed by atoms with van der Waals surface area (Å²) in [5.41, 5.74) is 1.10. The molecule has 0 atom stereocenters. The summed E-state index contributed by atoms with van der Waals surface area (Å²) < 4.78 is 5.78.